The Morgan fingerprint density at radius 2 is 1.80 bits per heavy atom. The van der Waals surface area contributed by atoms with Crippen LogP contribution in [0.5, 0.6) is 0 Å². The molecule has 1 aliphatic heterocycles. The van der Waals surface area contributed by atoms with Crippen LogP contribution in [0.25, 0.3) is 0 Å². The third kappa shape index (κ3) is 3.42. The van der Waals surface area contributed by atoms with Crippen molar-refractivity contribution in [2.75, 3.05) is 23.3 Å². The van der Waals surface area contributed by atoms with Crippen LogP contribution in [0.1, 0.15) is 12.0 Å². The fraction of sp³-hybridized carbons (Fsp3) is 0.235. The van der Waals surface area contributed by atoms with Crippen molar-refractivity contribution in [3.05, 3.63) is 58.9 Å². The van der Waals surface area contributed by atoms with Gasteiger partial charge in [-0.1, -0.05) is 0 Å². The molecule has 1 heterocycles. The van der Waals surface area contributed by atoms with Crippen molar-refractivity contribution in [1.29, 1.82) is 0 Å². The van der Waals surface area contributed by atoms with Gasteiger partial charge in [-0.3, -0.25) is 4.79 Å². The lowest BCUT2D eigenvalue weighted by atomic mass is 10.0. The summed E-state index contributed by atoms with van der Waals surface area (Å²) in [4.78, 5) is 13.5. The number of carbonyl (C=O) groups is 1. The number of aryl methyl sites for hydroxylation is 1. The summed E-state index contributed by atoms with van der Waals surface area (Å²) in [6.45, 7) is 0.0111. The average molecular weight is 356 g/mol. The van der Waals surface area contributed by atoms with Gasteiger partial charge in [-0.05, 0) is 36.6 Å². The zero-order valence-corrected chi connectivity index (χ0v) is 12.9. The van der Waals surface area contributed by atoms with E-state index in [0.29, 0.717) is 31.0 Å². The Labute approximate surface area is 140 Å². The van der Waals surface area contributed by atoms with E-state index < -0.39 is 40.7 Å². The highest BCUT2D eigenvalue weighted by atomic mass is 19.2. The van der Waals surface area contributed by atoms with Gasteiger partial charge in [0, 0.05) is 12.6 Å². The number of amides is 1. The minimum atomic E-state index is -1.69. The number of halogens is 5. The van der Waals surface area contributed by atoms with E-state index in [4.69, 9.17) is 0 Å². The Morgan fingerprint density at radius 1 is 1.04 bits per heavy atom. The largest absolute Gasteiger partial charge is 0.360 e. The van der Waals surface area contributed by atoms with E-state index in [2.05, 4.69) is 5.32 Å². The summed E-state index contributed by atoms with van der Waals surface area (Å²) in [5.41, 5.74) is 0.0461. The summed E-state index contributed by atoms with van der Waals surface area (Å²) in [5.74, 6) is -6.80. The van der Waals surface area contributed by atoms with E-state index >= 15 is 0 Å². The smallest absolute Gasteiger partial charge is 0.243 e. The first-order valence-electron chi connectivity index (χ1n) is 7.53. The summed E-state index contributed by atoms with van der Waals surface area (Å²) in [6, 6.07) is 3.51. The van der Waals surface area contributed by atoms with E-state index in [0.717, 1.165) is 12.1 Å². The molecule has 0 aliphatic carbocycles. The van der Waals surface area contributed by atoms with Crippen LogP contribution in [0.3, 0.4) is 0 Å². The lowest BCUT2D eigenvalue weighted by Gasteiger charge is -2.31. The van der Waals surface area contributed by atoms with E-state index in [1.807, 2.05) is 0 Å². The van der Waals surface area contributed by atoms with Gasteiger partial charge in [0.05, 0.1) is 17.9 Å². The van der Waals surface area contributed by atoms with Gasteiger partial charge in [0.25, 0.3) is 0 Å². The predicted octanol–water partition coefficient (Wildman–Crippen LogP) is 3.77. The van der Waals surface area contributed by atoms with Crippen molar-refractivity contribution in [2.45, 2.75) is 12.8 Å². The second-order valence-electron chi connectivity index (χ2n) is 5.69. The van der Waals surface area contributed by atoms with Gasteiger partial charge < -0.3 is 10.2 Å². The molecule has 0 unspecified atom stereocenters. The van der Waals surface area contributed by atoms with Crippen molar-refractivity contribution < 1.29 is 26.7 Å². The minimum absolute atomic E-state index is 0.119. The average Bonchev–Trinajstić information content (AvgIpc) is 2.55. The van der Waals surface area contributed by atoms with Gasteiger partial charge in [-0.25, -0.2) is 22.0 Å². The van der Waals surface area contributed by atoms with Gasteiger partial charge >= 0.3 is 0 Å². The monoisotopic (exact) mass is 356 g/mol. The van der Waals surface area contributed by atoms with E-state index in [9.17, 15) is 26.7 Å². The number of benzene rings is 2. The van der Waals surface area contributed by atoms with Crippen LogP contribution >= 0.6 is 0 Å². The molecule has 2 aromatic rings. The Kier molecular flexibility index (Phi) is 4.61. The number of nitrogens with one attached hydrogen (secondary N) is 1. The number of hydrogen-bond donors (Lipinski definition) is 1. The molecule has 1 N–H and O–H groups in total. The maximum Gasteiger partial charge on any atom is 0.243 e. The molecule has 0 atom stereocenters. The highest BCUT2D eigenvalue weighted by Crippen LogP contribution is 2.31. The molecule has 8 heteroatoms. The summed E-state index contributed by atoms with van der Waals surface area (Å²) < 4.78 is 67.1. The fourth-order valence-corrected chi connectivity index (χ4v) is 2.88. The van der Waals surface area contributed by atoms with Crippen LogP contribution in [-0.2, 0) is 11.2 Å². The maximum absolute atomic E-state index is 14.1. The van der Waals surface area contributed by atoms with Crippen molar-refractivity contribution in [2.24, 2.45) is 0 Å². The second-order valence-corrected chi connectivity index (χ2v) is 5.69. The second kappa shape index (κ2) is 6.70. The maximum atomic E-state index is 14.1. The number of anilines is 2. The molecule has 3 nitrogen and oxygen atoms in total. The number of carbonyl (C=O) groups excluding carboxylic acids is 1. The first-order chi connectivity index (χ1) is 11.9. The van der Waals surface area contributed by atoms with Gasteiger partial charge in [-0.15, -0.1) is 0 Å². The summed E-state index contributed by atoms with van der Waals surface area (Å²) in [6.07, 6.45) is 1.06. The standard InChI is InChI=1S/C17H13F5N2O/c18-10-6-9-2-1-5-24(17(9)12(20)7-10)8-14(25)23-13-4-3-11(19)15(21)16(13)22/h3-4,6-7H,1-2,5,8H2,(H,23,25). The number of hydrogen-bond acceptors (Lipinski definition) is 2. The molecular formula is C17H13F5N2O. The van der Waals surface area contributed by atoms with E-state index in [-0.39, 0.29) is 12.2 Å². The zero-order chi connectivity index (χ0) is 18.1. The highest BCUT2D eigenvalue weighted by Gasteiger charge is 2.24. The first-order valence-corrected chi connectivity index (χ1v) is 7.53. The third-order valence-electron chi connectivity index (χ3n) is 3.94. The molecule has 0 bridgehead atoms. The van der Waals surface area contributed by atoms with Crippen LogP contribution in [0, 0.1) is 29.1 Å². The third-order valence-corrected chi connectivity index (χ3v) is 3.94. The van der Waals surface area contributed by atoms with Crippen LogP contribution in [0.4, 0.5) is 33.3 Å². The summed E-state index contributed by atoms with van der Waals surface area (Å²) in [7, 11) is 0. The summed E-state index contributed by atoms with van der Waals surface area (Å²) >= 11 is 0. The van der Waals surface area contributed by atoms with Gasteiger partial charge in [0.15, 0.2) is 17.5 Å². The lowest BCUT2D eigenvalue weighted by molar-refractivity contribution is -0.115. The Bertz CT molecular complexity index is 840. The van der Waals surface area contributed by atoms with E-state index in [1.165, 1.54) is 11.0 Å². The fourth-order valence-electron chi connectivity index (χ4n) is 2.88. The molecule has 25 heavy (non-hydrogen) atoms. The number of nitrogens with zero attached hydrogens (tertiary/aromatic N) is 1. The highest BCUT2D eigenvalue weighted by molar-refractivity contribution is 5.94. The molecule has 132 valence electrons. The van der Waals surface area contributed by atoms with Crippen LogP contribution in [0.15, 0.2) is 24.3 Å². The lowest BCUT2D eigenvalue weighted by Crippen LogP contribution is -2.37. The van der Waals surface area contributed by atoms with Crippen LogP contribution < -0.4 is 10.2 Å². The molecule has 0 radical (unpaired) electrons. The van der Waals surface area contributed by atoms with Crippen molar-refractivity contribution in [3.8, 4) is 0 Å². The number of rotatable bonds is 3. The van der Waals surface area contributed by atoms with Crippen LogP contribution in [-0.4, -0.2) is 19.0 Å². The van der Waals surface area contributed by atoms with E-state index in [1.54, 1.807) is 0 Å². The Morgan fingerprint density at radius 3 is 2.56 bits per heavy atom. The molecule has 0 aromatic heterocycles. The van der Waals surface area contributed by atoms with Gasteiger partial charge in [0.2, 0.25) is 5.91 Å². The molecular weight excluding hydrogens is 343 g/mol. The Balaban J connectivity index is 1.78. The summed E-state index contributed by atoms with van der Waals surface area (Å²) in [5, 5.41) is 2.13. The SMILES string of the molecule is O=C(CN1CCCc2cc(F)cc(F)c21)Nc1ccc(F)c(F)c1F. The first kappa shape index (κ1) is 17.2. The molecule has 3 rings (SSSR count). The van der Waals surface area contributed by atoms with Crippen molar-refractivity contribution >= 4 is 17.3 Å². The Hall–Kier alpha value is -2.64. The minimum Gasteiger partial charge on any atom is -0.360 e. The van der Waals surface area contributed by atoms with Gasteiger partial charge in [0.1, 0.15) is 11.6 Å². The molecule has 2 aromatic carbocycles. The van der Waals surface area contributed by atoms with Crippen LogP contribution in [0.2, 0.25) is 0 Å². The molecule has 0 spiro atoms. The predicted molar refractivity (Wildman–Crippen MR) is 81.8 cm³/mol. The normalized spacial score (nSPS) is 13.6. The number of fused-ring (bicyclic) bond motifs is 1. The zero-order valence-electron chi connectivity index (χ0n) is 12.9. The molecule has 1 amide bonds. The molecule has 0 saturated heterocycles. The molecule has 0 fully saturated rings. The topological polar surface area (TPSA) is 32.3 Å². The molecule has 0 saturated carbocycles. The quantitative estimate of drug-likeness (QED) is 0.671. The van der Waals surface area contributed by atoms with Gasteiger partial charge in [-0.2, -0.15) is 0 Å². The van der Waals surface area contributed by atoms with Crippen molar-refractivity contribution in [3.63, 3.8) is 0 Å². The van der Waals surface area contributed by atoms with Crippen molar-refractivity contribution in [1.82, 2.24) is 0 Å². The molecule has 1 aliphatic rings.